The van der Waals surface area contributed by atoms with Gasteiger partial charge in [0.05, 0.1) is 16.3 Å². The molecule has 0 amide bonds. The van der Waals surface area contributed by atoms with E-state index in [0.717, 1.165) is 24.3 Å². The molecule has 0 spiro atoms. The minimum atomic E-state index is -5.25. The summed E-state index contributed by atoms with van der Waals surface area (Å²) in [6.07, 6.45) is 0. The maximum absolute atomic E-state index is 12.2. The van der Waals surface area contributed by atoms with Gasteiger partial charge in [-0.25, -0.2) is 0 Å². The molecule has 19 nitrogen and oxygen atoms in total. The largest absolute Gasteiger partial charge is 0.506 e. The van der Waals surface area contributed by atoms with Crippen molar-refractivity contribution in [3.8, 4) is 11.5 Å². The van der Waals surface area contributed by atoms with Gasteiger partial charge < -0.3 is 15.9 Å². The van der Waals surface area contributed by atoms with E-state index >= 15 is 0 Å². The first kappa shape index (κ1) is 34.3. The Bertz CT molecular complexity index is 2460. The second kappa shape index (κ2) is 11.6. The number of aromatic hydroxyl groups is 2. The first-order valence-corrected chi connectivity index (χ1v) is 17.6. The van der Waals surface area contributed by atoms with E-state index in [2.05, 4.69) is 20.5 Å². The van der Waals surface area contributed by atoms with Gasteiger partial charge in [0.25, 0.3) is 40.5 Å². The normalized spacial score (nSPS) is 13.2. The van der Waals surface area contributed by atoms with Gasteiger partial charge in [0.15, 0.2) is 5.75 Å². The highest BCUT2D eigenvalue weighted by molar-refractivity contribution is 7.87. The number of aryl methyl sites for hydroxylation is 1. The van der Waals surface area contributed by atoms with Crippen LogP contribution in [0.1, 0.15) is 5.56 Å². The second-order valence-electron chi connectivity index (χ2n) is 9.21. The first-order valence-electron chi connectivity index (χ1n) is 11.8. The summed E-state index contributed by atoms with van der Waals surface area (Å²) in [6, 6.07) is 6.61. The van der Waals surface area contributed by atoms with Gasteiger partial charge in [0.2, 0.25) is 0 Å². The van der Waals surface area contributed by atoms with E-state index in [-0.39, 0.29) is 22.3 Å². The lowest BCUT2D eigenvalue weighted by Gasteiger charge is -2.12. The van der Waals surface area contributed by atoms with Crippen molar-refractivity contribution < 1.29 is 62.1 Å². The van der Waals surface area contributed by atoms with Crippen molar-refractivity contribution in [1.29, 1.82) is 0 Å². The molecule has 0 fully saturated rings. The van der Waals surface area contributed by atoms with E-state index in [1.807, 2.05) is 0 Å². The fourth-order valence-corrected chi connectivity index (χ4v) is 6.58. The molecule has 4 aromatic rings. The molecule has 0 saturated heterocycles. The second-order valence-corrected chi connectivity index (χ2v) is 14.8. The Morgan fingerprint density at radius 3 is 1.74 bits per heavy atom. The number of azo groups is 2. The highest BCUT2D eigenvalue weighted by atomic mass is 32.2. The molecule has 0 bridgehead atoms. The molecule has 23 heteroatoms. The number of fused-ring (bicyclic) bond motifs is 1. The van der Waals surface area contributed by atoms with Gasteiger partial charge >= 0.3 is 0 Å². The van der Waals surface area contributed by atoms with Gasteiger partial charge in [-0.15, -0.1) is 15.3 Å². The standard InChI is InChI=1S/C23H19N5O14S4/c1-10-6-16(18(29)9-15(10)25-27-17-7-11(43(31,32)33)2-5-19(17)44(34,35)36)26-28-21-20(45(37,38)39)8-13-12(22(21)30)3-4-14(24)23(13)46(40,41)42/h2-9,29-30H,24H2,1H3,(H,31,32,33)(H,34,35,36)(H,37,38,39)(H,40,41,42). The Morgan fingerprint density at radius 1 is 0.587 bits per heavy atom. The van der Waals surface area contributed by atoms with E-state index < -0.39 is 94.0 Å². The van der Waals surface area contributed by atoms with Gasteiger partial charge in [-0.3, -0.25) is 18.2 Å². The first-order chi connectivity index (χ1) is 21.0. The van der Waals surface area contributed by atoms with Crippen LogP contribution >= 0.6 is 0 Å². The molecule has 0 aromatic heterocycles. The Hall–Kier alpha value is -4.62. The lowest BCUT2D eigenvalue weighted by Crippen LogP contribution is -2.06. The monoisotopic (exact) mass is 717 g/mol. The summed E-state index contributed by atoms with van der Waals surface area (Å²) in [5.41, 5.74) is 3.08. The molecule has 0 aliphatic heterocycles. The van der Waals surface area contributed by atoms with E-state index in [1.165, 1.54) is 6.92 Å². The summed E-state index contributed by atoms with van der Waals surface area (Å²) in [4.78, 5) is -3.75. The summed E-state index contributed by atoms with van der Waals surface area (Å²) in [6.45, 7) is 1.38. The molecule has 4 aromatic carbocycles. The van der Waals surface area contributed by atoms with Crippen LogP contribution < -0.4 is 5.73 Å². The molecule has 0 aliphatic carbocycles. The van der Waals surface area contributed by atoms with E-state index in [0.29, 0.717) is 24.3 Å². The molecule has 0 unspecified atom stereocenters. The smallest absolute Gasteiger partial charge is 0.297 e. The van der Waals surface area contributed by atoms with Crippen molar-refractivity contribution in [3.63, 3.8) is 0 Å². The van der Waals surface area contributed by atoms with Gasteiger partial charge in [0, 0.05) is 16.8 Å². The number of anilines is 1. The van der Waals surface area contributed by atoms with E-state index in [4.69, 9.17) is 5.73 Å². The summed E-state index contributed by atoms with van der Waals surface area (Å²) < 4.78 is 133. The molecule has 244 valence electrons. The summed E-state index contributed by atoms with van der Waals surface area (Å²) in [7, 11) is -20.1. The predicted octanol–water partition coefficient (Wildman–Crippen LogP) is 3.96. The number of nitrogens with two attached hydrogens (primary N) is 1. The number of phenols is 2. The van der Waals surface area contributed by atoms with Crippen molar-refractivity contribution in [2.45, 2.75) is 26.5 Å². The van der Waals surface area contributed by atoms with Crippen molar-refractivity contribution in [1.82, 2.24) is 0 Å². The summed E-state index contributed by atoms with van der Waals surface area (Å²) >= 11 is 0. The SMILES string of the molecule is Cc1cc(N=Nc2c(S(=O)(=O)O)cc3c(S(=O)(=O)O)c(N)ccc3c2O)c(O)cc1N=Nc1cc(S(=O)(=O)O)ccc1S(=O)(=O)O. The molecule has 8 N–H and O–H groups in total. The zero-order valence-electron chi connectivity index (χ0n) is 22.6. The highest BCUT2D eigenvalue weighted by Gasteiger charge is 2.27. The molecule has 46 heavy (non-hydrogen) atoms. The third-order valence-corrected chi connectivity index (χ3v) is 9.66. The number of phenolic OH excluding ortho intramolecular Hbond substituents is 2. The van der Waals surface area contributed by atoms with Crippen molar-refractivity contribution in [2.75, 3.05) is 5.73 Å². The molecule has 0 atom stereocenters. The zero-order valence-corrected chi connectivity index (χ0v) is 25.8. The lowest BCUT2D eigenvalue weighted by molar-refractivity contribution is 0.470. The fraction of sp³-hybridized carbons (Fsp3) is 0.0435. The Morgan fingerprint density at radius 2 is 1.17 bits per heavy atom. The average Bonchev–Trinajstić information content (AvgIpc) is 2.90. The van der Waals surface area contributed by atoms with Gasteiger partial charge in [-0.1, -0.05) is 0 Å². The van der Waals surface area contributed by atoms with Crippen LogP contribution in [0.5, 0.6) is 11.5 Å². The molecule has 4 rings (SSSR count). The quantitative estimate of drug-likeness (QED) is 0.0770. The minimum absolute atomic E-state index is 0.140. The third-order valence-electron chi connectivity index (χ3n) is 6.07. The highest BCUT2D eigenvalue weighted by Crippen LogP contribution is 2.45. The lowest BCUT2D eigenvalue weighted by atomic mass is 10.1. The van der Waals surface area contributed by atoms with Crippen LogP contribution in [0.15, 0.2) is 88.6 Å². The summed E-state index contributed by atoms with van der Waals surface area (Å²) in [5.74, 6) is -1.72. The van der Waals surface area contributed by atoms with Crippen LogP contribution in [0, 0.1) is 6.92 Å². The molecule has 0 saturated carbocycles. The number of hydrogen-bond donors (Lipinski definition) is 7. The van der Waals surface area contributed by atoms with Gasteiger partial charge in [-0.05, 0) is 55.0 Å². The molecule has 0 radical (unpaired) electrons. The van der Waals surface area contributed by atoms with Gasteiger partial charge in [0.1, 0.15) is 37.5 Å². The minimum Gasteiger partial charge on any atom is -0.506 e. The third kappa shape index (κ3) is 6.95. The van der Waals surface area contributed by atoms with E-state index in [9.17, 15) is 62.1 Å². The Labute approximate surface area is 259 Å². The molecule has 0 heterocycles. The number of benzene rings is 4. The number of rotatable bonds is 8. The van der Waals surface area contributed by atoms with Crippen LogP contribution in [-0.4, -0.2) is 62.1 Å². The van der Waals surface area contributed by atoms with Crippen LogP contribution in [0.4, 0.5) is 28.4 Å². The maximum atomic E-state index is 12.2. The van der Waals surface area contributed by atoms with Crippen LogP contribution in [0.2, 0.25) is 0 Å². The maximum Gasteiger partial charge on any atom is 0.297 e. The topological polar surface area (TPSA) is 333 Å². The van der Waals surface area contributed by atoms with Crippen molar-refractivity contribution >= 4 is 79.7 Å². The van der Waals surface area contributed by atoms with Crippen molar-refractivity contribution in [2.24, 2.45) is 20.5 Å². The van der Waals surface area contributed by atoms with Crippen molar-refractivity contribution in [3.05, 3.63) is 54.1 Å². The van der Waals surface area contributed by atoms with Crippen LogP contribution in [0.3, 0.4) is 0 Å². The van der Waals surface area contributed by atoms with Crippen LogP contribution in [0.25, 0.3) is 10.8 Å². The number of nitrogen functional groups attached to an aromatic ring is 1. The van der Waals surface area contributed by atoms with E-state index in [1.54, 1.807) is 0 Å². The predicted molar refractivity (Wildman–Crippen MR) is 157 cm³/mol. The molecular weight excluding hydrogens is 699 g/mol. The average molecular weight is 718 g/mol. The Balaban J connectivity index is 1.83. The number of hydrogen-bond acceptors (Lipinski definition) is 15. The summed E-state index contributed by atoms with van der Waals surface area (Å²) in [5, 5.41) is 35.0. The molecule has 0 aliphatic rings. The molecular formula is C23H19N5O14S4. The van der Waals surface area contributed by atoms with Crippen LogP contribution in [-0.2, 0) is 40.5 Å². The number of nitrogens with zero attached hydrogens (tertiary/aromatic N) is 4. The fourth-order valence-electron chi connectivity index (χ4n) is 4.01. The zero-order chi connectivity index (χ0) is 34.6. The Kier molecular flexibility index (Phi) is 8.66. The van der Waals surface area contributed by atoms with Gasteiger partial charge in [-0.2, -0.15) is 38.8 Å².